The lowest BCUT2D eigenvalue weighted by atomic mass is 9.66. The molecule has 2 bridgehead atoms. The Bertz CT molecular complexity index is 1690. The monoisotopic (exact) mass is 658 g/mol. The number of nitrogens with zero attached hydrogens (tertiary/aromatic N) is 6. The quantitative estimate of drug-likeness (QED) is 0.275. The van der Waals surface area contributed by atoms with Gasteiger partial charge in [-0.1, -0.05) is 29.5 Å². The second-order valence-corrected chi connectivity index (χ2v) is 14.6. The molecule has 3 amide bonds. The fourth-order valence-corrected chi connectivity index (χ4v) is 10.1. The van der Waals surface area contributed by atoms with Gasteiger partial charge in [-0.2, -0.15) is 0 Å². The van der Waals surface area contributed by atoms with Crippen LogP contribution >= 0.6 is 11.8 Å². The zero-order chi connectivity index (χ0) is 33.5. The van der Waals surface area contributed by atoms with E-state index in [1.807, 2.05) is 55.5 Å². The van der Waals surface area contributed by atoms with E-state index in [1.165, 1.54) is 0 Å². The molecule has 1 spiro atoms. The largest absolute Gasteiger partial charge is 0.494 e. The maximum absolute atomic E-state index is 14.8. The van der Waals surface area contributed by atoms with Crippen LogP contribution in [0, 0.1) is 11.8 Å². The summed E-state index contributed by atoms with van der Waals surface area (Å²) in [4.78, 5) is 49.0. The molecule has 1 aromatic heterocycles. The number of anilines is 1. The number of ether oxygens (including phenoxy) is 1. The number of likely N-dealkylation sites (tertiary alicyclic amines) is 1. The van der Waals surface area contributed by atoms with Crippen molar-refractivity contribution in [3.8, 4) is 5.75 Å². The number of aliphatic hydroxyl groups is 1. The van der Waals surface area contributed by atoms with Gasteiger partial charge in [-0.3, -0.25) is 14.4 Å². The summed E-state index contributed by atoms with van der Waals surface area (Å²) in [5.41, 5.74) is 2.17. The third kappa shape index (κ3) is 5.31. The molecule has 3 aliphatic heterocycles. The van der Waals surface area contributed by atoms with E-state index in [-0.39, 0.29) is 44.1 Å². The molecule has 1 N–H and O–H groups in total. The number of fused-ring (bicyclic) bond motifs is 2. The summed E-state index contributed by atoms with van der Waals surface area (Å²) >= 11 is 1.60. The Morgan fingerprint density at radius 1 is 1.13 bits per heavy atom. The molecule has 3 saturated heterocycles. The number of hydrogen-bond donors (Lipinski definition) is 1. The molecular weight excluding hydrogens is 616 g/mol. The molecule has 3 fully saturated rings. The van der Waals surface area contributed by atoms with Gasteiger partial charge in [0, 0.05) is 23.5 Å². The number of amides is 3. The second kappa shape index (κ2) is 12.8. The lowest BCUT2D eigenvalue weighted by Gasteiger charge is -2.39. The molecule has 3 aliphatic rings. The molecule has 47 heavy (non-hydrogen) atoms. The molecule has 11 nitrogen and oxygen atoms in total. The number of para-hydroxylation sites is 1. The molecular formula is C35H42N6O5S. The molecule has 2 unspecified atom stereocenters. The fraction of sp³-hybridized carbons (Fsp3) is 0.457. The zero-order valence-electron chi connectivity index (χ0n) is 27.1. The van der Waals surface area contributed by atoms with Crippen LogP contribution in [0.1, 0.15) is 33.6 Å². The van der Waals surface area contributed by atoms with E-state index in [0.717, 1.165) is 5.52 Å². The van der Waals surface area contributed by atoms with E-state index in [2.05, 4.69) is 30.4 Å². The standard InChI is InChI=1S/C35H42N6O5S/c1-6-19-38(22-40-27-12-10-9-11-26(27)36-37-40)33(45)30-35-18-17-34(5,47-35)28(29(35)32(44)41(30)23(4)21-42)31(43)39(20-7-2)24-13-15-25(16-14-24)46-8-3/h6-7,9-16,23,28-30,42H,1-2,8,17-22H2,3-5H3/t23-,28+,29+,30?,34-,35?/m1/s1. The van der Waals surface area contributed by atoms with Crippen LogP contribution in [-0.2, 0) is 21.1 Å². The predicted molar refractivity (Wildman–Crippen MR) is 182 cm³/mol. The van der Waals surface area contributed by atoms with Gasteiger partial charge in [0.15, 0.2) is 0 Å². The number of carbonyl (C=O) groups is 3. The lowest BCUT2D eigenvalue weighted by Crippen LogP contribution is -2.57. The van der Waals surface area contributed by atoms with Gasteiger partial charge in [0.2, 0.25) is 17.7 Å². The van der Waals surface area contributed by atoms with Crippen LogP contribution in [-0.4, -0.2) is 95.5 Å². The van der Waals surface area contributed by atoms with Gasteiger partial charge in [0.1, 0.15) is 24.0 Å². The molecule has 248 valence electrons. The molecule has 2 aromatic carbocycles. The van der Waals surface area contributed by atoms with E-state index < -0.39 is 33.4 Å². The number of thioether (sulfide) groups is 1. The predicted octanol–water partition coefficient (Wildman–Crippen LogP) is 3.88. The number of aromatic nitrogens is 3. The van der Waals surface area contributed by atoms with E-state index >= 15 is 0 Å². The molecule has 0 radical (unpaired) electrons. The van der Waals surface area contributed by atoms with Gasteiger partial charge in [-0.25, -0.2) is 4.68 Å². The first-order valence-electron chi connectivity index (χ1n) is 16.1. The summed E-state index contributed by atoms with van der Waals surface area (Å²) in [6.07, 6.45) is 4.60. The minimum absolute atomic E-state index is 0.104. The van der Waals surface area contributed by atoms with Gasteiger partial charge < -0.3 is 24.5 Å². The highest BCUT2D eigenvalue weighted by Crippen LogP contribution is 2.72. The van der Waals surface area contributed by atoms with Crippen molar-refractivity contribution in [2.24, 2.45) is 11.8 Å². The van der Waals surface area contributed by atoms with Crippen LogP contribution in [0.25, 0.3) is 11.0 Å². The van der Waals surface area contributed by atoms with Gasteiger partial charge >= 0.3 is 0 Å². The fourth-order valence-electron chi connectivity index (χ4n) is 7.82. The molecule has 6 atom stereocenters. The van der Waals surface area contributed by atoms with Crippen molar-refractivity contribution >= 4 is 46.2 Å². The Kier molecular flexibility index (Phi) is 8.92. The first-order chi connectivity index (χ1) is 22.6. The van der Waals surface area contributed by atoms with Crippen LogP contribution in [0.4, 0.5) is 5.69 Å². The Morgan fingerprint density at radius 2 is 1.85 bits per heavy atom. The average Bonchev–Trinajstić information content (AvgIpc) is 3.78. The van der Waals surface area contributed by atoms with Gasteiger partial charge in [-0.05, 0) is 70.0 Å². The zero-order valence-corrected chi connectivity index (χ0v) is 27.9. The Labute approximate surface area is 279 Å². The van der Waals surface area contributed by atoms with Crippen molar-refractivity contribution in [3.63, 3.8) is 0 Å². The molecule has 0 saturated carbocycles. The Balaban J connectivity index is 1.38. The van der Waals surface area contributed by atoms with Crippen LogP contribution in [0.2, 0.25) is 0 Å². The number of carbonyl (C=O) groups excluding carboxylic acids is 3. The third-order valence-electron chi connectivity index (χ3n) is 9.88. The molecule has 3 aromatic rings. The molecule has 0 aliphatic carbocycles. The SMILES string of the molecule is C=CCN(Cn1nnc2ccccc21)C(=O)C1N([C@H](C)CO)C(=O)[C@@H]2[C@@H](C(=O)N(CC=C)c3ccc(OCC)cc3)[C@@]3(C)CCC12S3. The summed E-state index contributed by atoms with van der Waals surface area (Å²) in [6, 6.07) is 13.3. The third-order valence-corrected chi connectivity index (χ3v) is 11.9. The van der Waals surface area contributed by atoms with E-state index in [1.54, 1.807) is 50.2 Å². The van der Waals surface area contributed by atoms with Crippen LogP contribution in [0.3, 0.4) is 0 Å². The Hall–Kier alpha value is -4.16. The number of aliphatic hydroxyl groups excluding tert-OH is 1. The van der Waals surface area contributed by atoms with Crippen molar-refractivity contribution in [1.29, 1.82) is 0 Å². The van der Waals surface area contributed by atoms with Crippen LogP contribution in [0.15, 0.2) is 73.8 Å². The summed E-state index contributed by atoms with van der Waals surface area (Å²) < 4.78 is 5.85. The first kappa shape index (κ1) is 32.8. The highest BCUT2D eigenvalue weighted by atomic mass is 32.2. The van der Waals surface area contributed by atoms with Crippen molar-refractivity contribution in [1.82, 2.24) is 24.8 Å². The van der Waals surface area contributed by atoms with Crippen LogP contribution < -0.4 is 9.64 Å². The van der Waals surface area contributed by atoms with Crippen LogP contribution in [0.5, 0.6) is 5.75 Å². The summed E-state index contributed by atoms with van der Waals surface area (Å²) in [6.45, 7) is 14.3. The second-order valence-electron chi connectivity index (χ2n) is 12.7. The highest BCUT2D eigenvalue weighted by molar-refractivity contribution is 8.02. The number of rotatable bonds is 13. The minimum Gasteiger partial charge on any atom is -0.494 e. The topological polar surface area (TPSA) is 121 Å². The molecule has 4 heterocycles. The number of benzene rings is 2. The lowest BCUT2D eigenvalue weighted by molar-refractivity contribution is -0.146. The normalized spacial score (nSPS) is 26.7. The Morgan fingerprint density at radius 3 is 2.53 bits per heavy atom. The van der Waals surface area contributed by atoms with Crippen molar-refractivity contribution in [2.45, 2.75) is 61.9 Å². The van der Waals surface area contributed by atoms with Crippen molar-refractivity contribution < 1.29 is 24.2 Å². The molecule has 6 rings (SSSR count). The first-order valence-corrected chi connectivity index (χ1v) is 16.9. The summed E-state index contributed by atoms with van der Waals surface area (Å²) in [7, 11) is 0. The maximum Gasteiger partial charge on any atom is 0.248 e. The average molecular weight is 659 g/mol. The minimum atomic E-state index is -0.889. The van der Waals surface area contributed by atoms with Gasteiger partial charge in [-0.15, -0.1) is 30.0 Å². The number of hydrogen-bond acceptors (Lipinski definition) is 8. The summed E-state index contributed by atoms with van der Waals surface area (Å²) in [5, 5.41) is 18.9. The van der Waals surface area contributed by atoms with Crippen molar-refractivity contribution in [3.05, 3.63) is 73.8 Å². The van der Waals surface area contributed by atoms with Gasteiger partial charge in [0.25, 0.3) is 0 Å². The van der Waals surface area contributed by atoms with E-state index in [9.17, 15) is 19.5 Å². The molecule has 12 heteroatoms. The van der Waals surface area contributed by atoms with Crippen molar-refractivity contribution in [2.75, 3.05) is 31.2 Å². The highest BCUT2D eigenvalue weighted by Gasteiger charge is 2.78. The van der Waals surface area contributed by atoms with E-state index in [0.29, 0.717) is 36.4 Å². The maximum atomic E-state index is 14.8. The van der Waals surface area contributed by atoms with E-state index in [4.69, 9.17) is 4.74 Å². The summed E-state index contributed by atoms with van der Waals surface area (Å²) in [5.74, 6) is -1.43. The van der Waals surface area contributed by atoms with Gasteiger partial charge in [0.05, 0.1) is 41.4 Å². The smallest absolute Gasteiger partial charge is 0.248 e.